The second-order valence-corrected chi connectivity index (χ2v) is 5.78. The van der Waals surface area contributed by atoms with E-state index in [4.69, 9.17) is 9.47 Å². The minimum Gasteiger partial charge on any atom is -0.454 e. The molecular formula is C18H14N4O5. The second-order valence-electron chi connectivity index (χ2n) is 5.78. The van der Waals surface area contributed by atoms with Gasteiger partial charge in [0.25, 0.3) is 11.6 Å². The van der Waals surface area contributed by atoms with Crippen LogP contribution >= 0.6 is 0 Å². The van der Waals surface area contributed by atoms with E-state index in [1.165, 1.54) is 16.8 Å². The van der Waals surface area contributed by atoms with E-state index in [1.807, 2.05) is 0 Å². The van der Waals surface area contributed by atoms with Crippen LogP contribution in [-0.2, 0) is 6.54 Å². The number of nitro benzene ring substituents is 1. The molecule has 9 nitrogen and oxygen atoms in total. The number of benzene rings is 2. The van der Waals surface area contributed by atoms with Gasteiger partial charge >= 0.3 is 0 Å². The summed E-state index contributed by atoms with van der Waals surface area (Å²) in [5.74, 6) is 0.703. The average molecular weight is 366 g/mol. The summed E-state index contributed by atoms with van der Waals surface area (Å²) in [4.78, 5) is 23.3. The van der Waals surface area contributed by atoms with Gasteiger partial charge < -0.3 is 14.8 Å². The average Bonchev–Trinajstić information content (AvgIpc) is 3.36. The number of fused-ring (bicyclic) bond motifs is 1. The van der Waals surface area contributed by atoms with E-state index in [-0.39, 0.29) is 24.6 Å². The van der Waals surface area contributed by atoms with Crippen molar-refractivity contribution in [3.8, 4) is 17.2 Å². The van der Waals surface area contributed by atoms with Crippen LogP contribution in [0.5, 0.6) is 11.5 Å². The van der Waals surface area contributed by atoms with Gasteiger partial charge in [0.05, 0.1) is 10.6 Å². The second kappa shape index (κ2) is 6.79. The van der Waals surface area contributed by atoms with Gasteiger partial charge in [0.1, 0.15) is 5.56 Å². The fourth-order valence-electron chi connectivity index (χ4n) is 2.76. The Balaban J connectivity index is 1.56. The molecule has 9 heteroatoms. The summed E-state index contributed by atoms with van der Waals surface area (Å²) < 4.78 is 12.1. The first kappa shape index (κ1) is 16.6. The van der Waals surface area contributed by atoms with Crippen LogP contribution in [0.25, 0.3) is 5.69 Å². The molecule has 0 aliphatic carbocycles. The third kappa shape index (κ3) is 3.30. The molecular weight excluding hydrogens is 352 g/mol. The lowest BCUT2D eigenvalue weighted by molar-refractivity contribution is -0.385. The lowest BCUT2D eigenvalue weighted by Crippen LogP contribution is -2.24. The third-order valence-electron chi connectivity index (χ3n) is 4.08. The molecule has 2 aromatic carbocycles. The van der Waals surface area contributed by atoms with Crippen LogP contribution in [-0.4, -0.2) is 27.4 Å². The molecule has 0 atom stereocenters. The lowest BCUT2D eigenvalue weighted by atomic mass is 10.1. The van der Waals surface area contributed by atoms with Crippen molar-refractivity contribution >= 4 is 11.6 Å². The van der Waals surface area contributed by atoms with Crippen LogP contribution in [0.1, 0.15) is 15.9 Å². The number of carbonyl (C=O) groups excluding carboxylic acids is 1. The number of hydrogen-bond acceptors (Lipinski definition) is 6. The number of hydrogen-bond donors (Lipinski definition) is 1. The summed E-state index contributed by atoms with van der Waals surface area (Å²) in [5, 5.41) is 18.1. The fraction of sp³-hybridized carbons (Fsp3) is 0.111. The number of nitro groups is 1. The van der Waals surface area contributed by atoms with Gasteiger partial charge in [0.15, 0.2) is 11.5 Å². The summed E-state index contributed by atoms with van der Waals surface area (Å²) >= 11 is 0. The van der Waals surface area contributed by atoms with E-state index < -0.39 is 10.8 Å². The topological polar surface area (TPSA) is 109 Å². The highest BCUT2D eigenvalue weighted by atomic mass is 16.7. The molecule has 4 rings (SSSR count). The van der Waals surface area contributed by atoms with Gasteiger partial charge in [-0.1, -0.05) is 6.07 Å². The van der Waals surface area contributed by atoms with E-state index in [9.17, 15) is 14.9 Å². The first-order valence-electron chi connectivity index (χ1n) is 8.07. The number of ether oxygens (including phenoxy) is 2. The maximum absolute atomic E-state index is 12.6. The number of rotatable bonds is 5. The zero-order valence-corrected chi connectivity index (χ0v) is 14.0. The Bertz CT molecular complexity index is 1020. The molecule has 0 saturated heterocycles. The highest BCUT2D eigenvalue weighted by molar-refractivity contribution is 5.98. The molecule has 136 valence electrons. The van der Waals surface area contributed by atoms with Crippen LogP contribution in [0.4, 0.5) is 5.69 Å². The van der Waals surface area contributed by atoms with Gasteiger partial charge in [-0.05, 0) is 35.9 Å². The zero-order valence-electron chi connectivity index (χ0n) is 14.0. The Morgan fingerprint density at radius 1 is 1.22 bits per heavy atom. The van der Waals surface area contributed by atoms with Crippen LogP contribution in [0.15, 0.2) is 54.9 Å². The smallest absolute Gasteiger partial charge is 0.282 e. The molecule has 0 radical (unpaired) electrons. The molecule has 0 spiro atoms. The van der Waals surface area contributed by atoms with Crippen molar-refractivity contribution in [2.24, 2.45) is 0 Å². The number of amides is 1. The minimum absolute atomic E-state index is 0.0336. The lowest BCUT2D eigenvalue weighted by Gasteiger charge is -2.09. The standard InChI is InChI=1S/C18H14N4O5/c23-18(19-10-12-2-5-16-17(8-12)27-11-26-16)14-9-13(21-7-1-6-20-21)3-4-15(14)22(24)25/h1-9H,10-11H2,(H,19,23). The van der Waals surface area contributed by atoms with Crippen LogP contribution < -0.4 is 14.8 Å². The first-order valence-corrected chi connectivity index (χ1v) is 8.07. The molecule has 2 heterocycles. The summed E-state index contributed by atoms with van der Waals surface area (Å²) in [7, 11) is 0. The van der Waals surface area contributed by atoms with E-state index in [0.717, 1.165) is 5.56 Å². The molecule has 1 amide bonds. The van der Waals surface area contributed by atoms with E-state index >= 15 is 0 Å². The van der Waals surface area contributed by atoms with Crippen molar-refractivity contribution in [2.45, 2.75) is 6.54 Å². The molecule has 0 bridgehead atoms. The molecule has 1 aromatic heterocycles. The molecule has 3 aromatic rings. The highest BCUT2D eigenvalue weighted by Gasteiger charge is 2.21. The van der Waals surface area contributed by atoms with Gasteiger partial charge in [-0.3, -0.25) is 14.9 Å². The quantitative estimate of drug-likeness (QED) is 0.549. The fourth-order valence-corrected chi connectivity index (χ4v) is 2.76. The first-order chi connectivity index (χ1) is 13.1. The molecule has 1 aliphatic heterocycles. The van der Waals surface area contributed by atoms with Crippen molar-refractivity contribution < 1.29 is 19.2 Å². The van der Waals surface area contributed by atoms with Crippen LogP contribution in [0.3, 0.4) is 0 Å². The predicted molar refractivity (Wildman–Crippen MR) is 94.0 cm³/mol. The van der Waals surface area contributed by atoms with E-state index in [0.29, 0.717) is 17.2 Å². The minimum atomic E-state index is -0.581. The molecule has 1 aliphatic rings. The Labute approximate surface area is 153 Å². The Hall–Kier alpha value is -3.88. The van der Waals surface area contributed by atoms with Crippen molar-refractivity contribution in [3.05, 3.63) is 76.1 Å². The molecule has 0 fully saturated rings. The highest BCUT2D eigenvalue weighted by Crippen LogP contribution is 2.32. The van der Waals surface area contributed by atoms with Gasteiger partial charge in [0.2, 0.25) is 6.79 Å². The summed E-state index contributed by atoms with van der Waals surface area (Å²) in [6, 6.07) is 11.3. The SMILES string of the molecule is O=C(NCc1ccc2c(c1)OCO2)c1cc(-n2cccn2)ccc1[N+](=O)[O-]. The Morgan fingerprint density at radius 3 is 2.85 bits per heavy atom. The van der Waals surface area contributed by atoms with Gasteiger partial charge in [-0.15, -0.1) is 0 Å². The van der Waals surface area contributed by atoms with Crippen LogP contribution in [0.2, 0.25) is 0 Å². The number of carbonyl (C=O) groups is 1. The number of nitrogens with one attached hydrogen (secondary N) is 1. The van der Waals surface area contributed by atoms with Crippen molar-refractivity contribution in [3.63, 3.8) is 0 Å². The van der Waals surface area contributed by atoms with Gasteiger partial charge in [-0.2, -0.15) is 5.10 Å². The van der Waals surface area contributed by atoms with Crippen molar-refractivity contribution in [1.29, 1.82) is 0 Å². The van der Waals surface area contributed by atoms with Gasteiger partial charge in [0, 0.05) is 25.0 Å². The summed E-state index contributed by atoms with van der Waals surface area (Å²) in [6.07, 6.45) is 3.27. The predicted octanol–water partition coefficient (Wildman–Crippen LogP) is 2.44. The van der Waals surface area contributed by atoms with E-state index in [1.54, 1.807) is 42.7 Å². The molecule has 0 unspecified atom stereocenters. The number of nitrogens with zero attached hydrogens (tertiary/aromatic N) is 3. The molecule has 27 heavy (non-hydrogen) atoms. The van der Waals surface area contributed by atoms with E-state index in [2.05, 4.69) is 10.4 Å². The Morgan fingerprint density at radius 2 is 2.07 bits per heavy atom. The van der Waals surface area contributed by atoms with Crippen molar-refractivity contribution in [2.75, 3.05) is 6.79 Å². The van der Waals surface area contributed by atoms with Crippen LogP contribution in [0, 0.1) is 10.1 Å². The third-order valence-corrected chi connectivity index (χ3v) is 4.08. The number of aromatic nitrogens is 2. The maximum Gasteiger partial charge on any atom is 0.282 e. The largest absolute Gasteiger partial charge is 0.454 e. The zero-order chi connectivity index (χ0) is 18.8. The maximum atomic E-state index is 12.6. The molecule has 0 saturated carbocycles. The van der Waals surface area contributed by atoms with Crippen molar-refractivity contribution in [1.82, 2.24) is 15.1 Å². The van der Waals surface area contributed by atoms with Gasteiger partial charge in [-0.25, -0.2) is 4.68 Å². The summed E-state index contributed by atoms with van der Waals surface area (Å²) in [5.41, 5.74) is 1.04. The molecule has 1 N–H and O–H groups in total. The summed E-state index contributed by atoms with van der Waals surface area (Å²) in [6.45, 7) is 0.357. The Kier molecular flexibility index (Phi) is 4.17. The monoisotopic (exact) mass is 366 g/mol. The normalized spacial score (nSPS) is 12.0.